The molecule has 7 nitrogen and oxygen atoms in total. The SMILES string of the molecule is CC(=NNc1ccccc1[N+](=O)[O-])c1ccc2c(c1)OCO2. The maximum absolute atomic E-state index is 11.0. The number of nitrogens with zero attached hydrogens (tertiary/aromatic N) is 2. The lowest BCUT2D eigenvalue weighted by Crippen LogP contribution is -2.01. The predicted octanol–water partition coefficient (Wildman–Crippen LogP) is 3.16. The molecule has 0 amide bonds. The van der Waals surface area contributed by atoms with E-state index in [1.54, 1.807) is 25.1 Å². The minimum Gasteiger partial charge on any atom is -0.454 e. The molecule has 0 spiro atoms. The highest BCUT2D eigenvalue weighted by Gasteiger charge is 2.15. The van der Waals surface area contributed by atoms with Gasteiger partial charge in [-0.25, -0.2) is 0 Å². The lowest BCUT2D eigenvalue weighted by Gasteiger charge is -2.05. The molecule has 0 radical (unpaired) electrons. The van der Waals surface area contributed by atoms with Crippen LogP contribution in [0, 0.1) is 10.1 Å². The molecule has 1 heterocycles. The zero-order chi connectivity index (χ0) is 15.5. The molecule has 3 rings (SSSR count). The summed E-state index contributed by atoms with van der Waals surface area (Å²) >= 11 is 0. The van der Waals surface area contributed by atoms with E-state index in [0.29, 0.717) is 22.9 Å². The van der Waals surface area contributed by atoms with Gasteiger partial charge in [-0.2, -0.15) is 5.10 Å². The molecule has 0 aromatic heterocycles. The number of para-hydroxylation sites is 2. The zero-order valence-electron chi connectivity index (χ0n) is 11.8. The molecule has 0 saturated heterocycles. The molecule has 22 heavy (non-hydrogen) atoms. The molecule has 0 atom stereocenters. The van der Waals surface area contributed by atoms with Crippen molar-refractivity contribution in [2.24, 2.45) is 5.10 Å². The van der Waals surface area contributed by atoms with Crippen molar-refractivity contribution in [1.82, 2.24) is 0 Å². The van der Waals surface area contributed by atoms with Crippen LogP contribution in [0.5, 0.6) is 11.5 Å². The summed E-state index contributed by atoms with van der Waals surface area (Å²) in [6, 6.07) is 11.8. The molecule has 0 fully saturated rings. The predicted molar refractivity (Wildman–Crippen MR) is 81.5 cm³/mol. The number of nitrogens with one attached hydrogen (secondary N) is 1. The van der Waals surface area contributed by atoms with Gasteiger partial charge < -0.3 is 9.47 Å². The van der Waals surface area contributed by atoms with Gasteiger partial charge in [-0.05, 0) is 31.2 Å². The highest BCUT2D eigenvalue weighted by Crippen LogP contribution is 2.32. The van der Waals surface area contributed by atoms with E-state index >= 15 is 0 Å². The highest BCUT2D eigenvalue weighted by atomic mass is 16.7. The van der Waals surface area contributed by atoms with Crippen LogP contribution in [-0.4, -0.2) is 17.4 Å². The molecular formula is C15H13N3O4. The normalized spacial score (nSPS) is 13.0. The molecular weight excluding hydrogens is 286 g/mol. The third-order valence-electron chi connectivity index (χ3n) is 3.24. The second kappa shape index (κ2) is 5.72. The minimum atomic E-state index is -0.451. The monoisotopic (exact) mass is 299 g/mol. The van der Waals surface area contributed by atoms with Gasteiger partial charge in [0.2, 0.25) is 6.79 Å². The summed E-state index contributed by atoms with van der Waals surface area (Å²) < 4.78 is 10.6. The first-order valence-corrected chi connectivity index (χ1v) is 6.59. The van der Waals surface area contributed by atoms with Crippen molar-refractivity contribution in [1.29, 1.82) is 0 Å². The Balaban J connectivity index is 1.82. The first kappa shape index (κ1) is 13.9. The molecule has 2 aromatic rings. The Hall–Kier alpha value is -3.09. The number of hydrogen-bond donors (Lipinski definition) is 1. The van der Waals surface area contributed by atoms with Gasteiger partial charge in [-0.1, -0.05) is 12.1 Å². The van der Waals surface area contributed by atoms with E-state index in [-0.39, 0.29) is 12.5 Å². The summed E-state index contributed by atoms with van der Waals surface area (Å²) in [7, 11) is 0. The number of nitro groups is 1. The molecule has 1 N–H and O–H groups in total. The van der Waals surface area contributed by atoms with Crippen LogP contribution in [0.15, 0.2) is 47.6 Å². The Morgan fingerprint density at radius 1 is 1.23 bits per heavy atom. The fourth-order valence-electron chi connectivity index (χ4n) is 2.06. The molecule has 0 bridgehead atoms. The lowest BCUT2D eigenvalue weighted by atomic mass is 10.1. The maximum Gasteiger partial charge on any atom is 0.294 e. The highest BCUT2D eigenvalue weighted by molar-refractivity contribution is 5.99. The summed E-state index contributed by atoms with van der Waals surface area (Å²) in [6.45, 7) is 2.02. The van der Waals surface area contributed by atoms with Crippen LogP contribution in [0.2, 0.25) is 0 Å². The van der Waals surface area contributed by atoms with E-state index < -0.39 is 4.92 Å². The molecule has 2 aromatic carbocycles. The molecule has 7 heteroatoms. The number of benzene rings is 2. The third kappa shape index (κ3) is 2.69. The summed E-state index contributed by atoms with van der Waals surface area (Å²) in [5.41, 5.74) is 4.57. The van der Waals surface area contributed by atoms with Crippen LogP contribution < -0.4 is 14.9 Å². The average molecular weight is 299 g/mol. The van der Waals surface area contributed by atoms with Gasteiger partial charge in [0.25, 0.3) is 5.69 Å². The van der Waals surface area contributed by atoms with E-state index in [1.165, 1.54) is 6.07 Å². The molecule has 1 aliphatic rings. The smallest absolute Gasteiger partial charge is 0.294 e. The van der Waals surface area contributed by atoms with E-state index in [4.69, 9.17) is 9.47 Å². The third-order valence-corrected chi connectivity index (χ3v) is 3.24. The molecule has 112 valence electrons. The van der Waals surface area contributed by atoms with Crippen molar-refractivity contribution in [2.45, 2.75) is 6.92 Å². The summed E-state index contributed by atoms with van der Waals surface area (Å²) in [5, 5.41) is 15.2. The summed E-state index contributed by atoms with van der Waals surface area (Å²) in [4.78, 5) is 10.5. The second-order valence-electron chi connectivity index (χ2n) is 4.65. The topological polar surface area (TPSA) is 86.0 Å². The van der Waals surface area contributed by atoms with Crippen LogP contribution in [0.25, 0.3) is 0 Å². The number of ether oxygens (including phenoxy) is 2. The van der Waals surface area contributed by atoms with Crippen molar-refractivity contribution < 1.29 is 14.4 Å². The summed E-state index contributed by atoms with van der Waals surface area (Å²) in [6.07, 6.45) is 0. The number of anilines is 1. The van der Waals surface area contributed by atoms with Gasteiger partial charge in [0, 0.05) is 11.6 Å². The van der Waals surface area contributed by atoms with Crippen LogP contribution in [-0.2, 0) is 0 Å². The Morgan fingerprint density at radius 3 is 2.82 bits per heavy atom. The van der Waals surface area contributed by atoms with Crippen LogP contribution in [0.4, 0.5) is 11.4 Å². The number of rotatable bonds is 4. The van der Waals surface area contributed by atoms with Crippen LogP contribution >= 0.6 is 0 Å². The van der Waals surface area contributed by atoms with Gasteiger partial charge in [0.15, 0.2) is 11.5 Å². The Kier molecular flexibility index (Phi) is 3.61. The standard InChI is InChI=1S/C15H13N3O4/c1-10(11-6-7-14-15(8-11)22-9-21-14)16-17-12-4-2-3-5-13(12)18(19)20/h2-8,17H,9H2,1H3. The second-order valence-corrected chi connectivity index (χ2v) is 4.65. The molecule has 0 aliphatic carbocycles. The Labute approximate surface area is 126 Å². The Morgan fingerprint density at radius 2 is 2.00 bits per heavy atom. The molecule has 1 aliphatic heterocycles. The Bertz CT molecular complexity index is 758. The van der Waals surface area contributed by atoms with E-state index in [1.807, 2.05) is 18.2 Å². The molecule has 0 saturated carbocycles. The average Bonchev–Trinajstić information content (AvgIpc) is 3.00. The van der Waals surface area contributed by atoms with Crippen LogP contribution in [0.1, 0.15) is 12.5 Å². The van der Waals surface area contributed by atoms with Gasteiger partial charge in [0.05, 0.1) is 10.6 Å². The van der Waals surface area contributed by atoms with Gasteiger partial charge >= 0.3 is 0 Å². The van der Waals surface area contributed by atoms with Crippen molar-refractivity contribution >= 4 is 17.1 Å². The van der Waals surface area contributed by atoms with Crippen molar-refractivity contribution in [3.8, 4) is 11.5 Å². The van der Waals surface area contributed by atoms with Gasteiger partial charge in [-0.3, -0.25) is 15.5 Å². The number of hydrogen-bond acceptors (Lipinski definition) is 6. The summed E-state index contributed by atoms with van der Waals surface area (Å²) in [5.74, 6) is 1.36. The van der Waals surface area contributed by atoms with E-state index in [9.17, 15) is 10.1 Å². The maximum atomic E-state index is 11.0. The first-order valence-electron chi connectivity index (χ1n) is 6.59. The minimum absolute atomic E-state index is 0.0234. The largest absolute Gasteiger partial charge is 0.454 e. The number of nitro benzene ring substituents is 1. The van der Waals surface area contributed by atoms with Crippen molar-refractivity contribution in [3.05, 3.63) is 58.1 Å². The first-order chi connectivity index (χ1) is 10.6. The van der Waals surface area contributed by atoms with E-state index in [0.717, 1.165) is 5.56 Å². The van der Waals surface area contributed by atoms with E-state index in [2.05, 4.69) is 10.5 Å². The van der Waals surface area contributed by atoms with Crippen molar-refractivity contribution in [2.75, 3.05) is 12.2 Å². The zero-order valence-corrected chi connectivity index (χ0v) is 11.8. The fraction of sp³-hybridized carbons (Fsp3) is 0.133. The van der Waals surface area contributed by atoms with Gasteiger partial charge in [0.1, 0.15) is 5.69 Å². The molecule has 0 unspecified atom stereocenters. The number of hydrazone groups is 1. The van der Waals surface area contributed by atoms with Gasteiger partial charge in [-0.15, -0.1) is 0 Å². The van der Waals surface area contributed by atoms with Crippen molar-refractivity contribution in [3.63, 3.8) is 0 Å². The quantitative estimate of drug-likeness (QED) is 0.532. The van der Waals surface area contributed by atoms with Crippen LogP contribution in [0.3, 0.4) is 0 Å². The fourth-order valence-corrected chi connectivity index (χ4v) is 2.06. The number of fused-ring (bicyclic) bond motifs is 1. The lowest BCUT2D eigenvalue weighted by molar-refractivity contribution is -0.384.